The molecule has 0 spiro atoms. The first-order valence-electron chi connectivity index (χ1n) is 8.12. The molecule has 0 heterocycles. The van der Waals surface area contributed by atoms with E-state index in [0.717, 1.165) is 19.3 Å². The molecule has 3 N–H and O–H groups in total. The Kier molecular flexibility index (Phi) is 6.23. The Morgan fingerprint density at radius 2 is 2.00 bits per heavy atom. The van der Waals surface area contributed by atoms with Crippen molar-refractivity contribution in [3.05, 3.63) is 34.9 Å². The maximum Gasteiger partial charge on any atom is 0.342 e. The second-order valence-electron chi connectivity index (χ2n) is 5.91. The molecule has 0 atom stereocenters. The highest BCUT2D eigenvalue weighted by Crippen LogP contribution is 2.32. The molecule has 0 radical (unpaired) electrons. The average Bonchev–Trinajstić information content (AvgIpc) is 2.59. The topological polar surface area (TPSA) is 95.9 Å². The van der Waals surface area contributed by atoms with Gasteiger partial charge in [0.05, 0.1) is 0 Å². The summed E-state index contributed by atoms with van der Waals surface area (Å²) < 4.78 is 4.87. The number of hydrogen-bond donors (Lipinski definition) is 3. The van der Waals surface area contributed by atoms with Crippen LogP contribution in [0.2, 0.25) is 0 Å². The fraction of sp³-hybridized carbons (Fsp3) is 0.444. The monoisotopic (exact) mass is 333 g/mol. The zero-order chi connectivity index (χ0) is 17.5. The summed E-state index contributed by atoms with van der Waals surface area (Å²) in [5.74, 6) is -2.15. The Morgan fingerprint density at radius 3 is 2.71 bits per heavy atom. The molecule has 6 nitrogen and oxygen atoms in total. The maximum absolute atomic E-state index is 11.9. The number of allylic oxidation sites excluding steroid dienone is 1. The molecule has 0 saturated carbocycles. The number of esters is 1. The van der Waals surface area contributed by atoms with E-state index in [1.165, 1.54) is 30.5 Å². The van der Waals surface area contributed by atoms with Crippen LogP contribution in [-0.2, 0) is 9.53 Å². The third-order valence-corrected chi connectivity index (χ3v) is 4.06. The number of amides is 1. The van der Waals surface area contributed by atoms with Gasteiger partial charge < -0.3 is 20.3 Å². The first-order chi connectivity index (χ1) is 11.5. The van der Waals surface area contributed by atoms with Gasteiger partial charge in [-0.25, -0.2) is 4.79 Å². The van der Waals surface area contributed by atoms with Crippen molar-refractivity contribution in [3.8, 4) is 11.5 Å². The standard InChI is InChI=1S/C18H23NO5/c1-12-7-8-14(17(22)16(12)21)18(23)24-11-15(20)19-10-9-13-5-3-2-4-6-13/h5,7-8,21-22H,2-4,6,9-11H2,1H3,(H,19,20). The molecule has 0 unspecified atom stereocenters. The van der Waals surface area contributed by atoms with Gasteiger partial charge in [0, 0.05) is 6.54 Å². The molecule has 1 aliphatic carbocycles. The van der Waals surface area contributed by atoms with Crippen molar-refractivity contribution < 1.29 is 24.5 Å². The number of carbonyl (C=O) groups excluding carboxylic acids is 2. The second-order valence-corrected chi connectivity index (χ2v) is 5.91. The molecule has 6 heteroatoms. The zero-order valence-electron chi connectivity index (χ0n) is 13.8. The van der Waals surface area contributed by atoms with Crippen LogP contribution < -0.4 is 5.32 Å². The highest BCUT2D eigenvalue weighted by Gasteiger charge is 2.18. The van der Waals surface area contributed by atoms with Crippen LogP contribution in [-0.4, -0.2) is 35.2 Å². The van der Waals surface area contributed by atoms with Crippen molar-refractivity contribution in [2.24, 2.45) is 0 Å². The molecule has 0 saturated heterocycles. The number of aryl methyl sites for hydroxylation is 1. The second kappa shape index (κ2) is 8.38. The maximum atomic E-state index is 11.9. The van der Waals surface area contributed by atoms with Gasteiger partial charge in [-0.15, -0.1) is 0 Å². The summed E-state index contributed by atoms with van der Waals surface area (Å²) in [7, 11) is 0. The first-order valence-corrected chi connectivity index (χ1v) is 8.12. The minimum absolute atomic E-state index is 0.168. The summed E-state index contributed by atoms with van der Waals surface area (Å²) in [6, 6.07) is 2.84. The zero-order valence-corrected chi connectivity index (χ0v) is 13.8. The van der Waals surface area contributed by atoms with Gasteiger partial charge in [-0.2, -0.15) is 0 Å². The molecule has 1 amide bonds. The number of phenolic OH excluding ortho intramolecular Hbond substituents is 2. The minimum atomic E-state index is -0.854. The summed E-state index contributed by atoms with van der Waals surface area (Å²) >= 11 is 0. The van der Waals surface area contributed by atoms with E-state index < -0.39 is 24.2 Å². The SMILES string of the molecule is Cc1ccc(C(=O)OCC(=O)NCCC2=CCCCC2)c(O)c1O. The number of ether oxygens (including phenoxy) is 1. The lowest BCUT2D eigenvalue weighted by Crippen LogP contribution is -2.29. The Hall–Kier alpha value is -2.50. The van der Waals surface area contributed by atoms with Gasteiger partial charge >= 0.3 is 5.97 Å². The number of phenols is 2. The predicted molar refractivity (Wildman–Crippen MR) is 89.0 cm³/mol. The molecular weight excluding hydrogens is 310 g/mol. The lowest BCUT2D eigenvalue weighted by atomic mass is 9.97. The third-order valence-electron chi connectivity index (χ3n) is 4.06. The van der Waals surface area contributed by atoms with E-state index >= 15 is 0 Å². The Labute approximate surface area is 141 Å². The largest absolute Gasteiger partial charge is 0.504 e. The Balaban J connectivity index is 1.76. The van der Waals surface area contributed by atoms with Crippen molar-refractivity contribution in [2.75, 3.05) is 13.2 Å². The number of aromatic hydroxyl groups is 2. The number of carbonyl (C=O) groups is 2. The smallest absolute Gasteiger partial charge is 0.342 e. The Bertz CT molecular complexity index is 651. The van der Waals surface area contributed by atoms with Crippen LogP contribution in [0.5, 0.6) is 11.5 Å². The van der Waals surface area contributed by atoms with E-state index in [0.29, 0.717) is 12.1 Å². The highest BCUT2D eigenvalue weighted by atomic mass is 16.5. The van der Waals surface area contributed by atoms with Crippen molar-refractivity contribution in [3.63, 3.8) is 0 Å². The van der Waals surface area contributed by atoms with E-state index in [4.69, 9.17) is 4.74 Å². The molecule has 1 aliphatic rings. The van der Waals surface area contributed by atoms with E-state index in [2.05, 4.69) is 11.4 Å². The Morgan fingerprint density at radius 1 is 1.21 bits per heavy atom. The molecule has 2 rings (SSSR count). The lowest BCUT2D eigenvalue weighted by molar-refractivity contribution is -0.124. The molecule has 1 aromatic carbocycles. The van der Waals surface area contributed by atoms with Gasteiger partial charge in [0.1, 0.15) is 5.56 Å². The summed E-state index contributed by atoms with van der Waals surface area (Å²) in [6.45, 7) is 1.68. The normalized spacial score (nSPS) is 14.0. The molecule has 0 bridgehead atoms. The van der Waals surface area contributed by atoms with Gasteiger partial charge in [0.15, 0.2) is 18.1 Å². The van der Waals surface area contributed by atoms with Crippen molar-refractivity contribution in [1.29, 1.82) is 0 Å². The van der Waals surface area contributed by atoms with Crippen LogP contribution in [0.4, 0.5) is 0 Å². The van der Waals surface area contributed by atoms with E-state index in [1.54, 1.807) is 6.92 Å². The van der Waals surface area contributed by atoms with E-state index in [-0.39, 0.29) is 11.3 Å². The van der Waals surface area contributed by atoms with Gasteiger partial charge in [0.25, 0.3) is 5.91 Å². The fourth-order valence-corrected chi connectivity index (χ4v) is 2.60. The number of hydrogen-bond acceptors (Lipinski definition) is 5. The van der Waals surface area contributed by atoms with Gasteiger partial charge in [-0.05, 0) is 50.7 Å². The van der Waals surface area contributed by atoms with Crippen molar-refractivity contribution in [2.45, 2.75) is 39.0 Å². The van der Waals surface area contributed by atoms with Gasteiger partial charge in [-0.1, -0.05) is 17.7 Å². The molecular formula is C18H23NO5. The highest BCUT2D eigenvalue weighted by molar-refractivity contribution is 5.94. The van der Waals surface area contributed by atoms with Crippen molar-refractivity contribution >= 4 is 11.9 Å². The number of rotatable bonds is 6. The van der Waals surface area contributed by atoms with Crippen LogP contribution in [0.3, 0.4) is 0 Å². The predicted octanol–water partition coefficient (Wildman–Crippen LogP) is 2.57. The number of nitrogens with one attached hydrogen (secondary N) is 1. The molecule has 0 aliphatic heterocycles. The first kappa shape index (κ1) is 17.8. The molecule has 130 valence electrons. The molecule has 24 heavy (non-hydrogen) atoms. The van der Waals surface area contributed by atoms with E-state index in [9.17, 15) is 19.8 Å². The van der Waals surface area contributed by atoms with Crippen LogP contribution >= 0.6 is 0 Å². The third kappa shape index (κ3) is 4.75. The fourth-order valence-electron chi connectivity index (χ4n) is 2.60. The van der Waals surface area contributed by atoms with Crippen LogP contribution in [0.15, 0.2) is 23.8 Å². The minimum Gasteiger partial charge on any atom is -0.504 e. The molecule has 1 aromatic rings. The van der Waals surface area contributed by atoms with Crippen LogP contribution in [0.25, 0.3) is 0 Å². The van der Waals surface area contributed by atoms with Gasteiger partial charge in [-0.3, -0.25) is 4.79 Å². The molecule has 0 aromatic heterocycles. The summed E-state index contributed by atoms with van der Waals surface area (Å²) in [5, 5.41) is 22.1. The van der Waals surface area contributed by atoms with E-state index in [1.807, 2.05) is 0 Å². The quantitative estimate of drug-likeness (QED) is 0.422. The average molecular weight is 333 g/mol. The lowest BCUT2D eigenvalue weighted by Gasteiger charge is -2.13. The van der Waals surface area contributed by atoms with Crippen LogP contribution in [0, 0.1) is 6.92 Å². The molecule has 0 fully saturated rings. The number of benzene rings is 1. The summed E-state index contributed by atoms with van der Waals surface area (Å²) in [4.78, 5) is 23.6. The summed E-state index contributed by atoms with van der Waals surface area (Å²) in [5.41, 5.74) is 1.63. The van der Waals surface area contributed by atoms with Crippen LogP contribution in [0.1, 0.15) is 48.0 Å². The van der Waals surface area contributed by atoms with Gasteiger partial charge in [0.2, 0.25) is 0 Å². The summed E-state index contributed by atoms with van der Waals surface area (Å²) in [6.07, 6.45) is 7.65. The van der Waals surface area contributed by atoms with Crippen molar-refractivity contribution in [1.82, 2.24) is 5.32 Å².